The Morgan fingerprint density at radius 2 is 2.18 bits per heavy atom. The predicted molar refractivity (Wildman–Crippen MR) is 68.9 cm³/mol. The van der Waals surface area contributed by atoms with E-state index < -0.39 is 0 Å². The monoisotopic (exact) mass is 239 g/mol. The Hall–Kier alpha value is -0.610. The van der Waals surface area contributed by atoms with Crippen molar-refractivity contribution in [3.05, 3.63) is 0 Å². The van der Waals surface area contributed by atoms with E-state index in [-0.39, 0.29) is 5.91 Å². The molecule has 17 heavy (non-hydrogen) atoms. The minimum Gasteiger partial charge on any atom is -0.352 e. The molecular weight excluding hydrogens is 214 g/mol. The molecule has 2 rings (SSSR count). The molecule has 0 aromatic carbocycles. The Bertz CT molecular complexity index is 257. The first-order chi connectivity index (χ1) is 8.31. The van der Waals surface area contributed by atoms with Crippen molar-refractivity contribution in [3.63, 3.8) is 0 Å². The third-order valence-corrected chi connectivity index (χ3v) is 3.98. The number of carbonyl (C=O) groups excluding carboxylic acids is 1. The molecule has 2 saturated heterocycles. The standard InChI is InChI=1S/C13H25N3O/c1-2-14-8-6-13(17)15-11-7-10-16-9-4-3-5-12(11)16/h11-12,14H,2-10H2,1H3,(H,15,17). The molecule has 2 fully saturated rings. The Balaban J connectivity index is 1.73. The fraction of sp³-hybridized carbons (Fsp3) is 0.923. The largest absolute Gasteiger partial charge is 0.352 e. The van der Waals surface area contributed by atoms with Crippen LogP contribution in [0.25, 0.3) is 0 Å². The number of nitrogens with zero attached hydrogens (tertiary/aromatic N) is 1. The molecule has 0 aromatic rings. The fourth-order valence-corrected chi connectivity index (χ4v) is 3.07. The summed E-state index contributed by atoms with van der Waals surface area (Å²) in [5, 5.41) is 6.41. The maximum Gasteiger partial charge on any atom is 0.221 e. The van der Waals surface area contributed by atoms with Crippen LogP contribution in [0.4, 0.5) is 0 Å². The molecule has 2 atom stereocenters. The van der Waals surface area contributed by atoms with Crippen molar-refractivity contribution >= 4 is 5.91 Å². The molecule has 1 amide bonds. The van der Waals surface area contributed by atoms with E-state index in [1.165, 1.54) is 32.4 Å². The molecule has 0 radical (unpaired) electrons. The van der Waals surface area contributed by atoms with E-state index in [2.05, 4.69) is 22.5 Å². The highest BCUT2D eigenvalue weighted by Crippen LogP contribution is 2.27. The molecule has 0 aliphatic carbocycles. The topological polar surface area (TPSA) is 44.4 Å². The summed E-state index contributed by atoms with van der Waals surface area (Å²) in [5.74, 6) is 0.211. The van der Waals surface area contributed by atoms with Crippen LogP contribution in [-0.4, -0.2) is 49.1 Å². The fourth-order valence-electron chi connectivity index (χ4n) is 3.07. The van der Waals surface area contributed by atoms with Gasteiger partial charge in [-0.25, -0.2) is 0 Å². The maximum atomic E-state index is 11.8. The summed E-state index contributed by atoms with van der Waals surface area (Å²) < 4.78 is 0. The molecule has 0 bridgehead atoms. The van der Waals surface area contributed by atoms with Gasteiger partial charge in [-0.3, -0.25) is 9.69 Å². The average molecular weight is 239 g/mol. The molecule has 4 heteroatoms. The molecule has 98 valence electrons. The highest BCUT2D eigenvalue weighted by molar-refractivity contribution is 5.76. The van der Waals surface area contributed by atoms with Crippen LogP contribution in [0.15, 0.2) is 0 Å². The zero-order chi connectivity index (χ0) is 12.1. The van der Waals surface area contributed by atoms with Gasteiger partial charge in [-0.1, -0.05) is 13.3 Å². The summed E-state index contributed by atoms with van der Waals surface area (Å²) in [4.78, 5) is 14.3. The van der Waals surface area contributed by atoms with Crippen molar-refractivity contribution in [1.29, 1.82) is 0 Å². The van der Waals surface area contributed by atoms with E-state index in [0.717, 1.165) is 19.5 Å². The SMILES string of the molecule is CCNCCC(=O)NC1CCN2CCCCC12. The van der Waals surface area contributed by atoms with E-state index in [4.69, 9.17) is 0 Å². The van der Waals surface area contributed by atoms with Crippen LogP contribution < -0.4 is 10.6 Å². The lowest BCUT2D eigenvalue weighted by Crippen LogP contribution is -2.47. The lowest BCUT2D eigenvalue weighted by atomic mass is 9.99. The Labute approximate surface area is 104 Å². The normalized spacial score (nSPS) is 29.0. The van der Waals surface area contributed by atoms with Crippen molar-refractivity contribution < 1.29 is 4.79 Å². The summed E-state index contributed by atoms with van der Waals surface area (Å²) in [7, 11) is 0. The van der Waals surface area contributed by atoms with Crippen LogP contribution in [0.2, 0.25) is 0 Å². The maximum absolute atomic E-state index is 11.8. The van der Waals surface area contributed by atoms with Gasteiger partial charge in [0, 0.05) is 31.6 Å². The average Bonchev–Trinajstić information content (AvgIpc) is 2.73. The van der Waals surface area contributed by atoms with Gasteiger partial charge < -0.3 is 10.6 Å². The number of hydrogen-bond acceptors (Lipinski definition) is 3. The molecule has 2 heterocycles. The summed E-state index contributed by atoms with van der Waals surface area (Å²) in [5.41, 5.74) is 0. The van der Waals surface area contributed by atoms with Gasteiger partial charge in [0.05, 0.1) is 0 Å². The summed E-state index contributed by atoms with van der Waals surface area (Å²) in [6.07, 6.45) is 5.66. The highest BCUT2D eigenvalue weighted by Gasteiger charge is 2.35. The number of rotatable bonds is 5. The van der Waals surface area contributed by atoms with Gasteiger partial charge in [0.2, 0.25) is 5.91 Å². The number of piperidine rings is 1. The number of nitrogens with one attached hydrogen (secondary N) is 2. The van der Waals surface area contributed by atoms with Crippen LogP contribution in [0.5, 0.6) is 0 Å². The zero-order valence-corrected chi connectivity index (χ0v) is 10.9. The first-order valence-corrected chi connectivity index (χ1v) is 7.05. The Morgan fingerprint density at radius 1 is 1.29 bits per heavy atom. The van der Waals surface area contributed by atoms with Crippen molar-refractivity contribution in [2.45, 2.75) is 51.1 Å². The van der Waals surface area contributed by atoms with Gasteiger partial charge in [-0.15, -0.1) is 0 Å². The van der Waals surface area contributed by atoms with Crippen molar-refractivity contribution in [2.75, 3.05) is 26.2 Å². The van der Waals surface area contributed by atoms with Crippen LogP contribution >= 0.6 is 0 Å². The Morgan fingerprint density at radius 3 is 3.00 bits per heavy atom. The van der Waals surface area contributed by atoms with Crippen LogP contribution in [0, 0.1) is 0 Å². The van der Waals surface area contributed by atoms with Crippen molar-refractivity contribution in [1.82, 2.24) is 15.5 Å². The lowest BCUT2D eigenvalue weighted by Gasteiger charge is -2.32. The van der Waals surface area contributed by atoms with Crippen LogP contribution in [0.1, 0.15) is 39.0 Å². The second-order valence-corrected chi connectivity index (χ2v) is 5.17. The Kier molecular flexibility index (Phi) is 4.80. The minimum atomic E-state index is 0.211. The summed E-state index contributed by atoms with van der Waals surface area (Å²) in [6, 6.07) is 1.02. The molecule has 0 spiro atoms. The van der Waals surface area contributed by atoms with Gasteiger partial charge in [0.1, 0.15) is 0 Å². The second kappa shape index (κ2) is 6.36. The molecule has 2 aliphatic rings. The molecular formula is C13H25N3O. The van der Waals surface area contributed by atoms with Gasteiger partial charge >= 0.3 is 0 Å². The lowest BCUT2D eigenvalue weighted by molar-refractivity contribution is -0.121. The zero-order valence-electron chi connectivity index (χ0n) is 10.9. The van der Waals surface area contributed by atoms with Gasteiger partial charge in [0.25, 0.3) is 0 Å². The van der Waals surface area contributed by atoms with Gasteiger partial charge in [0.15, 0.2) is 0 Å². The van der Waals surface area contributed by atoms with E-state index in [9.17, 15) is 4.79 Å². The number of fused-ring (bicyclic) bond motifs is 1. The smallest absolute Gasteiger partial charge is 0.221 e. The quantitative estimate of drug-likeness (QED) is 0.695. The minimum absolute atomic E-state index is 0.211. The van der Waals surface area contributed by atoms with Gasteiger partial charge in [-0.05, 0) is 32.4 Å². The molecule has 2 unspecified atom stereocenters. The molecule has 2 N–H and O–H groups in total. The van der Waals surface area contributed by atoms with Crippen molar-refractivity contribution in [2.24, 2.45) is 0 Å². The van der Waals surface area contributed by atoms with E-state index in [0.29, 0.717) is 18.5 Å². The van der Waals surface area contributed by atoms with E-state index >= 15 is 0 Å². The number of hydrogen-bond donors (Lipinski definition) is 2. The van der Waals surface area contributed by atoms with Crippen molar-refractivity contribution in [3.8, 4) is 0 Å². The molecule has 0 saturated carbocycles. The summed E-state index contributed by atoms with van der Waals surface area (Å²) >= 11 is 0. The molecule has 4 nitrogen and oxygen atoms in total. The summed E-state index contributed by atoms with van der Waals surface area (Å²) in [6.45, 7) is 6.20. The number of amides is 1. The molecule has 0 aromatic heterocycles. The van der Waals surface area contributed by atoms with Crippen LogP contribution in [0.3, 0.4) is 0 Å². The third-order valence-electron chi connectivity index (χ3n) is 3.98. The van der Waals surface area contributed by atoms with Gasteiger partial charge in [-0.2, -0.15) is 0 Å². The molecule has 2 aliphatic heterocycles. The van der Waals surface area contributed by atoms with E-state index in [1.807, 2.05) is 0 Å². The predicted octanol–water partition coefficient (Wildman–Crippen LogP) is 0.729. The highest BCUT2D eigenvalue weighted by atomic mass is 16.1. The third kappa shape index (κ3) is 3.42. The second-order valence-electron chi connectivity index (χ2n) is 5.17. The number of carbonyl (C=O) groups is 1. The first-order valence-electron chi connectivity index (χ1n) is 7.05. The first kappa shape index (κ1) is 12.8. The van der Waals surface area contributed by atoms with Crippen LogP contribution in [-0.2, 0) is 4.79 Å². The van der Waals surface area contributed by atoms with E-state index in [1.54, 1.807) is 0 Å².